The number of aromatic nitrogens is 3. The Morgan fingerprint density at radius 2 is 1.75 bits per heavy atom. The van der Waals surface area contributed by atoms with Crippen LogP contribution in [0.4, 0.5) is 0 Å². The van der Waals surface area contributed by atoms with E-state index in [-0.39, 0.29) is 5.82 Å². The van der Waals surface area contributed by atoms with Gasteiger partial charge < -0.3 is 25.5 Å². The zero-order chi connectivity index (χ0) is 17.4. The van der Waals surface area contributed by atoms with Crippen LogP contribution >= 0.6 is 11.6 Å². The van der Waals surface area contributed by atoms with Crippen LogP contribution in [0.1, 0.15) is 11.9 Å². The fraction of sp³-hybridized carbons (Fsp3) is 0.333. The first-order chi connectivity index (χ1) is 11.4. The summed E-state index contributed by atoms with van der Waals surface area (Å²) in [7, 11) is 0. The molecule has 0 aliphatic carbocycles. The molecular weight excluding hydrogens is 338 g/mol. The molecule has 0 bridgehead atoms. The summed E-state index contributed by atoms with van der Waals surface area (Å²) in [6.07, 6.45) is -6.73. The normalized spacial score (nSPS) is 17.1. The molecule has 0 saturated carbocycles. The number of hydrogen-bond donors (Lipinski definition) is 5. The number of rotatable bonds is 5. The quantitative estimate of drug-likeness (QED) is 0.423. The summed E-state index contributed by atoms with van der Waals surface area (Å²) in [5, 5.41) is 57.6. The number of aliphatic hydroxyl groups excluding tert-OH is 5. The first-order valence-electron chi connectivity index (χ1n) is 7.20. The first-order valence-corrected chi connectivity index (χ1v) is 7.58. The Morgan fingerprint density at radius 3 is 2.46 bits per heavy atom. The Bertz CT molecular complexity index is 871. The summed E-state index contributed by atoms with van der Waals surface area (Å²) >= 11 is 5.97. The molecule has 128 valence electrons. The first kappa shape index (κ1) is 17.0. The van der Waals surface area contributed by atoms with Gasteiger partial charge in [0.2, 0.25) is 0 Å². The molecule has 24 heavy (non-hydrogen) atoms. The zero-order valence-electron chi connectivity index (χ0n) is 12.4. The zero-order valence-corrected chi connectivity index (χ0v) is 13.1. The van der Waals surface area contributed by atoms with Gasteiger partial charge in [0, 0.05) is 10.4 Å². The van der Waals surface area contributed by atoms with E-state index in [1.807, 2.05) is 0 Å². The van der Waals surface area contributed by atoms with Crippen LogP contribution in [0.25, 0.3) is 16.6 Å². The average molecular weight is 354 g/mol. The van der Waals surface area contributed by atoms with Gasteiger partial charge in [-0.25, -0.2) is 0 Å². The highest BCUT2D eigenvalue weighted by Gasteiger charge is 2.33. The smallest absolute Gasteiger partial charge is 0.169 e. The standard InChI is InChI=1S/C15H16ClN3O5/c16-8-2-3-9-7(5-8)1-4-11-17-18-15(19(9)11)14(24)13(23)12(22)10(21)6-20/h1-5,10,12-14,20-24H,6H2/t10-,12-,13+,14-/m1/s1. The van der Waals surface area contributed by atoms with Crippen molar-refractivity contribution >= 4 is 28.2 Å². The van der Waals surface area contributed by atoms with Crippen LogP contribution in [0, 0.1) is 0 Å². The van der Waals surface area contributed by atoms with Crippen molar-refractivity contribution < 1.29 is 25.5 Å². The number of nitrogens with zero attached hydrogens (tertiary/aromatic N) is 3. The van der Waals surface area contributed by atoms with Gasteiger partial charge in [-0.05, 0) is 30.3 Å². The van der Waals surface area contributed by atoms with Gasteiger partial charge in [-0.1, -0.05) is 11.6 Å². The third kappa shape index (κ3) is 2.84. The van der Waals surface area contributed by atoms with Gasteiger partial charge in [-0.3, -0.25) is 4.40 Å². The van der Waals surface area contributed by atoms with Crippen molar-refractivity contribution in [2.45, 2.75) is 24.4 Å². The fourth-order valence-electron chi connectivity index (χ4n) is 2.56. The third-order valence-corrected chi connectivity index (χ3v) is 4.11. The fourth-order valence-corrected chi connectivity index (χ4v) is 2.74. The lowest BCUT2D eigenvalue weighted by atomic mass is 10.0. The molecule has 0 aliphatic heterocycles. The van der Waals surface area contributed by atoms with Gasteiger partial charge in [-0.15, -0.1) is 10.2 Å². The number of hydrogen-bond acceptors (Lipinski definition) is 7. The summed E-state index contributed by atoms with van der Waals surface area (Å²) < 4.78 is 1.53. The molecule has 9 heteroatoms. The average Bonchev–Trinajstić information content (AvgIpc) is 3.03. The van der Waals surface area contributed by atoms with E-state index in [4.69, 9.17) is 16.7 Å². The van der Waals surface area contributed by atoms with Crippen molar-refractivity contribution in [3.63, 3.8) is 0 Å². The van der Waals surface area contributed by atoms with Gasteiger partial charge in [0.05, 0.1) is 12.1 Å². The minimum absolute atomic E-state index is 0.00499. The molecule has 0 saturated heterocycles. The van der Waals surface area contributed by atoms with Crippen molar-refractivity contribution in [1.29, 1.82) is 0 Å². The molecule has 4 atom stereocenters. The van der Waals surface area contributed by atoms with Crippen LogP contribution in [0.5, 0.6) is 0 Å². The van der Waals surface area contributed by atoms with Gasteiger partial charge >= 0.3 is 0 Å². The molecule has 8 nitrogen and oxygen atoms in total. The highest BCUT2D eigenvalue weighted by Crippen LogP contribution is 2.25. The van der Waals surface area contributed by atoms with E-state index in [1.165, 1.54) is 4.40 Å². The number of benzene rings is 1. The van der Waals surface area contributed by atoms with E-state index in [1.54, 1.807) is 30.3 Å². The molecular formula is C15H16ClN3O5. The molecule has 0 spiro atoms. The lowest BCUT2D eigenvalue weighted by Crippen LogP contribution is -2.43. The molecule has 2 aromatic heterocycles. The predicted molar refractivity (Wildman–Crippen MR) is 85.6 cm³/mol. The van der Waals surface area contributed by atoms with Crippen LogP contribution < -0.4 is 0 Å². The lowest BCUT2D eigenvalue weighted by Gasteiger charge is -2.24. The molecule has 1 aromatic carbocycles. The van der Waals surface area contributed by atoms with Crippen LogP contribution in [0.15, 0.2) is 30.3 Å². The topological polar surface area (TPSA) is 131 Å². The molecule has 0 fully saturated rings. The molecule has 2 heterocycles. The number of pyridine rings is 1. The van der Waals surface area contributed by atoms with Crippen molar-refractivity contribution in [2.75, 3.05) is 6.61 Å². The van der Waals surface area contributed by atoms with E-state index < -0.39 is 31.0 Å². The lowest BCUT2D eigenvalue weighted by molar-refractivity contribution is -0.118. The monoisotopic (exact) mass is 353 g/mol. The minimum atomic E-state index is -1.76. The Balaban J connectivity index is 2.09. The molecule has 0 radical (unpaired) electrons. The Kier molecular flexibility index (Phi) is 4.68. The van der Waals surface area contributed by atoms with E-state index in [0.717, 1.165) is 5.39 Å². The van der Waals surface area contributed by atoms with Crippen molar-refractivity contribution in [3.05, 3.63) is 41.2 Å². The van der Waals surface area contributed by atoms with Gasteiger partial charge in [0.25, 0.3) is 0 Å². The van der Waals surface area contributed by atoms with Crippen molar-refractivity contribution in [3.8, 4) is 0 Å². The van der Waals surface area contributed by atoms with E-state index in [2.05, 4.69) is 10.2 Å². The van der Waals surface area contributed by atoms with Crippen LogP contribution in [-0.4, -0.2) is 65.0 Å². The Hall–Kier alpha value is -1.81. The number of fused-ring (bicyclic) bond motifs is 3. The summed E-state index contributed by atoms with van der Waals surface area (Å²) in [6, 6.07) is 8.58. The summed E-state index contributed by atoms with van der Waals surface area (Å²) in [6.45, 7) is -0.757. The van der Waals surface area contributed by atoms with Crippen LogP contribution in [0.3, 0.4) is 0 Å². The third-order valence-electron chi connectivity index (χ3n) is 3.87. The maximum atomic E-state index is 10.4. The maximum Gasteiger partial charge on any atom is 0.169 e. The second-order valence-electron chi connectivity index (χ2n) is 5.46. The van der Waals surface area contributed by atoms with E-state index >= 15 is 0 Å². The van der Waals surface area contributed by atoms with E-state index in [9.17, 15) is 20.4 Å². The number of aliphatic hydroxyl groups is 5. The molecule has 3 aromatic rings. The SMILES string of the molecule is OC[C@@H](O)[C@@H](O)[C@H](O)[C@@H](O)c1nnc2ccc3cc(Cl)ccc3n12. The van der Waals surface area contributed by atoms with Crippen LogP contribution in [-0.2, 0) is 0 Å². The molecule has 5 N–H and O–H groups in total. The van der Waals surface area contributed by atoms with Gasteiger partial charge in [0.1, 0.15) is 24.4 Å². The Morgan fingerprint density at radius 1 is 1.00 bits per heavy atom. The molecule has 0 unspecified atom stereocenters. The summed E-state index contributed by atoms with van der Waals surface area (Å²) in [5.41, 5.74) is 1.09. The van der Waals surface area contributed by atoms with Gasteiger partial charge in [-0.2, -0.15) is 0 Å². The molecule has 3 rings (SSSR count). The van der Waals surface area contributed by atoms with Crippen molar-refractivity contribution in [1.82, 2.24) is 14.6 Å². The second-order valence-corrected chi connectivity index (χ2v) is 5.90. The van der Waals surface area contributed by atoms with Gasteiger partial charge in [0.15, 0.2) is 11.5 Å². The highest BCUT2D eigenvalue weighted by atomic mass is 35.5. The molecule has 0 aliphatic rings. The predicted octanol–water partition coefficient (Wildman–Crippen LogP) is -0.356. The van der Waals surface area contributed by atoms with E-state index in [0.29, 0.717) is 16.2 Å². The summed E-state index contributed by atoms with van der Waals surface area (Å²) in [4.78, 5) is 0. The van der Waals surface area contributed by atoms with Crippen LogP contribution in [0.2, 0.25) is 5.02 Å². The molecule has 0 amide bonds. The largest absolute Gasteiger partial charge is 0.394 e. The summed E-state index contributed by atoms with van der Waals surface area (Å²) in [5.74, 6) is -0.00499. The highest BCUT2D eigenvalue weighted by molar-refractivity contribution is 6.31. The number of halogens is 1. The van der Waals surface area contributed by atoms with Crippen molar-refractivity contribution in [2.24, 2.45) is 0 Å². The second kappa shape index (κ2) is 6.60. The Labute approximate surface area is 141 Å². The minimum Gasteiger partial charge on any atom is -0.394 e. The maximum absolute atomic E-state index is 10.4.